The monoisotopic (exact) mass is 216 g/mol. The van der Waals surface area contributed by atoms with E-state index in [-0.39, 0.29) is 11.3 Å². The maximum absolute atomic E-state index is 11.2. The van der Waals surface area contributed by atoms with Crippen LogP contribution in [0.3, 0.4) is 0 Å². The largest absolute Gasteiger partial charge is 0.480 e. The van der Waals surface area contributed by atoms with E-state index >= 15 is 0 Å². The van der Waals surface area contributed by atoms with Crippen LogP contribution in [0.25, 0.3) is 0 Å². The highest BCUT2D eigenvalue weighted by atomic mass is 31.0. The van der Waals surface area contributed by atoms with Gasteiger partial charge in [-0.1, -0.05) is 9.39 Å². The number of aromatic amines is 1. The van der Waals surface area contributed by atoms with Crippen molar-refractivity contribution in [2.24, 2.45) is 0 Å². The molecule has 0 spiro atoms. The minimum atomic E-state index is -1.02. The summed E-state index contributed by atoms with van der Waals surface area (Å²) in [5, 5.41) is 11.1. The highest BCUT2D eigenvalue weighted by Crippen LogP contribution is 2.30. The number of nitrogens with one attached hydrogen (secondary N) is 1. The number of aromatic nitrogens is 1. The fourth-order valence-corrected chi connectivity index (χ4v) is 1.96. The first-order chi connectivity index (χ1) is 6.61. The summed E-state index contributed by atoms with van der Waals surface area (Å²) in [7, 11) is 2.32. The van der Waals surface area contributed by atoms with Crippen molar-refractivity contribution in [3.8, 4) is 0 Å². The molecular weight excluding hydrogens is 207 g/mol. The maximum Gasteiger partial charge on any atom is 0.329 e. The molecule has 0 amide bonds. The minimum Gasteiger partial charge on any atom is -0.480 e. The van der Waals surface area contributed by atoms with Crippen LogP contribution in [0.2, 0.25) is 0 Å². The zero-order valence-corrected chi connectivity index (χ0v) is 8.34. The predicted octanol–water partition coefficient (Wildman–Crippen LogP) is -0.258. The molecule has 2 atom stereocenters. The molecule has 0 bridgehead atoms. The van der Waals surface area contributed by atoms with Crippen LogP contribution in [-0.2, 0) is 11.2 Å². The fourth-order valence-electron chi connectivity index (χ4n) is 1.57. The van der Waals surface area contributed by atoms with Crippen molar-refractivity contribution in [3.05, 3.63) is 21.7 Å². The number of H-pyrrole nitrogens is 1. The van der Waals surface area contributed by atoms with Crippen LogP contribution in [0.15, 0.2) is 9.32 Å². The normalized spacial score (nSPS) is 21.9. The van der Waals surface area contributed by atoms with Gasteiger partial charge in [0.25, 0.3) is 5.56 Å². The zero-order valence-electron chi connectivity index (χ0n) is 7.19. The molecule has 0 saturated carbocycles. The predicted molar refractivity (Wildman–Crippen MR) is 49.8 cm³/mol. The van der Waals surface area contributed by atoms with Crippen molar-refractivity contribution in [3.63, 3.8) is 0 Å². The van der Waals surface area contributed by atoms with Crippen LogP contribution in [0, 0.1) is 0 Å². The van der Waals surface area contributed by atoms with Crippen molar-refractivity contribution in [2.75, 3.05) is 6.54 Å². The second-order valence-electron chi connectivity index (χ2n) is 3.10. The number of rotatable bonds is 1. The van der Waals surface area contributed by atoms with E-state index < -0.39 is 12.0 Å². The summed E-state index contributed by atoms with van der Waals surface area (Å²) in [5.74, 6) is -0.813. The summed E-state index contributed by atoms with van der Waals surface area (Å²) >= 11 is 0. The smallest absolute Gasteiger partial charge is 0.329 e. The molecule has 1 aliphatic rings. The number of carboxylic acid groups (broad SMARTS) is 1. The maximum atomic E-state index is 11.2. The van der Waals surface area contributed by atoms with Crippen LogP contribution in [0.1, 0.15) is 17.4 Å². The number of hydrogen-bond acceptors (Lipinski definition) is 4. The van der Waals surface area contributed by atoms with Gasteiger partial charge in [0.2, 0.25) is 0 Å². The van der Waals surface area contributed by atoms with Crippen LogP contribution >= 0.6 is 9.39 Å². The van der Waals surface area contributed by atoms with E-state index in [0.29, 0.717) is 18.5 Å². The molecule has 7 heteroatoms. The number of fused-ring (bicyclic) bond motifs is 1. The molecular formula is C7H9N2O4P. The third-order valence-corrected chi connectivity index (χ3v) is 2.82. The van der Waals surface area contributed by atoms with E-state index in [1.807, 2.05) is 0 Å². The Balaban J connectivity index is 2.52. The van der Waals surface area contributed by atoms with Crippen LogP contribution in [0.5, 0.6) is 0 Å². The molecule has 1 aromatic rings. The lowest BCUT2D eigenvalue weighted by atomic mass is 10.0. The van der Waals surface area contributed by atoms with E-state index in [1.54, 1.807) is 4.67 Å². The quantitative estimate of drug-likeness (QED) is 0.631. The Labute approximate surface area is 81.1 Å². The van der Waals surface area contributed by atoms with Gasteiger partial charge >= 0.3 is 5.97 Å². The average Bonchev–Trinajstić information content (AvgIpc) is 2.47. The van der Waals surface area contributed by atoms with Gasteiger partial charge in [-0.2, -0.15) is 5.16 Å². The molecule has 2 rings (SSSR count). The molecule has 2 unspecified atom stereocenters. The van der Waals surface area contributed by atoms with Gasteiger partial charge in [-0.3, -0.25) is 14.3 Å². The van der Waals surface area contributed by atoms with Gasteiger partial charge in [0, 0.05) is 6.54 Å². The molecule has 1 aromatic heterocycles. The van der Waals surface area contributed by atoms with E-state index in [9.17, 15) is 9.59 Å². The van der Waals surface area contributed by atoms with Crippen LogP contribution in [-0.4, -0.2) is 27.4 Å². The highest BCUT2D eigenvalue weighted by Gasteiger charge is 2.35. The third-order valence-electron chi connectivity index (χ3n) is 2.26. The minimum absolute atomic E-state index is 0.212. The van der Waals surface area contributed by atoms with Crippen LogP contribution in [0.4, 0.5) is 0 Å². The van der Waals surface area contributed by atoms with Gasteiger partial charge in [-0.15, -0.1) is 0 Å². The van der Waals surface area contributed by atoms with Crippen LogP contribution < -0.4 is 5.56 Å². The molecule has 2 N–H and O–H groups in total. The van der Waals surface area contributed by atoms with E-state index in [2.05, 4.69) is 14.5 Å². The topological polar surface area (TPSA) is 86.5 Å². The SMILES string of the molecule is O=C(O)C1c2o[nH]c(=O)c2CCN1P. The Bertz CT molecular complexity index is 424. The highest BCUT2D eigenvalue weighted by molar-refractivity contribution is 7.13. The molecule has 2 heterocycles. The summed E-state index contributed by atoms with van der Waals surface area (Å²) in [6.45, 7) is 0.511. The average molecular weight is 216 g/mol. The Hall–Kier alpha value is -1.13. The number of carbonyl (C=O) groups is 1. The number of carboxylic acids is 1. The van der Waals surface area contributed by atoms with Crippen molar-refractivity contribution in [1.29, 1.82) is 0 Å². The second-order valence-corrected chi connectivity index (χ2v) is 3.77. The van der Waals surface area contributed by atoms with E-state index in [0.717, 1.165) is 0 Å². The molecule has 76 valence electrons. The number of hydrogen-bond donors (Lipinski definition) is 2. The lowest BCUT2D eigenvalue weighted by molar-refractivity contribution is -0.142. The van der Waals surface area contributed by atoms with Gasteiger partial charge in [-0.25, -0.2) is 0 Å². The molecule has 1 aliphatic heterocycles. The number of aliphatic carboxylic acids is 1. The van der Waals surface area contributed by atoms with Crippen molar-refractivity contribution in [1.82, 2.24) is 9.83 Å². The molecule has 14 heavy (non-hydrogen) atoms. The summed E-state index contributed by atoms with van der Waals surface area (Å²) in [4.78, 5) is 22.1. The second kappa shape index (κ2) is 3.22. The molecule has 0 saturated heterocycles. The standard InChI is InChI=1S/C7H9N2O4P/c10-6-3-1-2-9(14)4(7(11)12)5(3)13-8-6/h4H,1-2,14H2,(H,8,10)(H,11,12). The first-order valence-corrected chi connectivity index (χ1v) is 4.57. The van der Waals surface area contributed by atoms with Gasteiger partial charge < -0.3 is 9.63 Å². The summed E-state index contributed by atoms with van der Waals surface area (Å²) in [6, 6.07) is -0.886. The van der Waals surface area contributed by atoms with Crippen molar-refractivity contribution < 1.29 is 14.4 Å². The molecule has 0 radical (unpaired) electrons. The van der Waals surface area contributed by atoms with Crippen molar-refractivity contribution in [2.45, 2.75) is 12.5 Å². The summed E-state index contributed by atoms with van der Waals surface area (Å²) < 4.78 is 6.41. The molecule has 6 nitrogen and oxygen atoms in total. The van der Waals surface area contributed by atoms with Gasteiger partial charge in [0.05, 0.1) is 5.56 Å². The Kier molecular flexibility index (Phi) is 2.17. The Morgan fingerprint density at radius 1 is 1.71 bits per heavy atom. The molecule has 0 aromatic carbocycles. The first-order valence-electron chi connectivity index (χ1n) is 4.05. The Morgan fingerprint density at radius 3 is 3.07 bits per heavy atom. The van der Waals surface area contributed by atoms with Gasteiger partial charge in [0.1, 0.15) is 0 Å². The summed E-state index contributed by atoms with van der Waals surface area (Å²) in [6.07, 6.45) is 0.508. The summed E-state index contributed by atoms with van der Waals surface area (Å²) in [5.41, 5.74) is 0.112. The zero-order chi connectivity index (χ0) is 10.3. The van der Waals surface area contributed by atoms with Gasteiger partial charge in [-0.05, 0) is 6.42 Å². The first kappa shape index (κ1) is 9.43. The Morgan fingerprint density at radius 2 is 2.43 bits per heavy atom. The fraction of sp³-hybridized carbons (Fsp3) is 0.429. The molecule has 0 fully saturated rings. The number of nitrogens with zero attached hydrogens (tertiary/aromatic N) is 1. The van der Waals surface area contributed by atoms with E-state index in [4.69, 9.17) is 9.63 Å². The molecule has 0 aliphatic carbocycles. The van der Waals surface area contributed by atoms with E-state index in [1.165, 1.54) is 0 Å². The third kappa shape index (κ3) is 1.27. The van der Waals surface area contributed by atoms with Gasteiger partial charge in [0.15, 0.2) is 11.8 Å². The lowest BCUT2D eigenvalue weighted by Gasteiger charge is -2.26. The van der Waals surface area contributed by atoms with Crippen molar-refractivity contribution >= 4 is 15.4 Å². The lowest BCUT2D eigenvalue weighted by Crippen LogP contribution is -2.33.